The Balaban J connectivity index is 0.769. The molecule has 0 spiro atoms. The van der Waals surface area contributed by atoms with Crippen LogP contribution in [0.5, 0.6) is 5.75 Å². The molecule has 0 bridgehead atoms. The van der Waals surface area contributed by atoms with E-state index < -0.39 is 29.7 Å². The van der Waals surface area contributed by atoms with Gasteiger partial charge in [-0.15, -0.1) is 0 Å². The van der Waals surface area contributed by atoms with Crippen LogP contribution in [0.1, 0.15) is 96.4 Å². The first-order valence-electron chi connectivity index (χ1n) is 21.0. The van der Waals surface area contributed by atoms with Crippen molar-refractivity contribution in [1.29, 1.82) is 5.26 Å². The molecule has 8 rings (SSSR count). The number of imide groups is 2. The van der Waals surface area contributed by atoms with Crippen LogP contribution in [0.25, 0.3) is 0 Å². The summed E-state index contributed by atoms with van der Waals surface area (Å²) in [4.78, 5) is 72.2. The Morgan fingerprint density at radius 1 is 0.833 bits per heavy atom. The number of ether oxygens (including phenoxy) is 1. The summed E-state index contributed by atoms with van der Waals surface area (Å²) < 4.78 is 6.38. The number of carbonyl (C=O) groups is 5. The van der Waals surface area contributed by atoms with Crippen molar-refractivity contribution in [2.24, 2.45) is 16.7 Å². The third-order valence-corrected chi connectivity index (χ3v) is 13.9. The third kappa shape index (κ3) is 7.71. The summed E-state index contributed by atoms with van der Waals surface area (Å²) in [6.45, 7) is 14.8. The first-order valence-corrected chi connectivity index (χ1v) is 21.4. The maximum absolute atomic E-state index is 13.5. The second kappa shape index (κ2) is 16.2. The number of nitrogens with zero attached hydrogens (tertiary/aromatic N) is 5. The molecule has 1 atom stereocenters. The van der Waals surface area contributed by atoms with E-state index in [-0.39, 0.29) is 41.7 Å². The number of anilines is 2. The van der Waals surface area contributed by atoms with Crippen molar-refractivity contribution in [2.45, 2.75) is 78.0 Å². The van der Waals surface area contributed by atoms with Gasteiger partial charge >= 0.3 is 0 Å². The predicted molar refractivity (Wildman–Crippen MR) is 227 cm³/mol. The van der Waals surface area contributed by atoms with Crippen LogP contribution in [0.2, 0.25) is 5.02 Å². The minimum Gasteiger partial charge on any atom is -0.489 e. The highest BCUT2D eigenvalue weighted by molar-refractivity contribution is 6.31. The fourth-order valence-electron chi connectivity index (χ4n) is 10.4. The van der Waals surface area contributed by atoms with E-state index in [1.165, 1.54) is 0 Å². The number of nitrogens with one attached hydrogen (secondary N) is 2. The Morgan fingerprint density at radius 3 is 2.13 bits per heavy atom. The molecule has 60 heavy (non-hydrogen) atoms. The highest BCUT2D eigenvalue weighted by Crippen LogP contribution is 2.55. The Bertz CT molecular complexity index is 2240. The molecule has 0 aromatic heterocycles. The van der Waals surface area contributed by atoms with Gasteiger partial charge in [-0.25, -0.2) is 0 Å². The van der Waals surface area contributed by atoms with Crippen molar-refractivity contribution in [3.05, 3.63) is 87.9 Å². The number of rotatable bonds is 10. The summed E-state index contributed by atoms with van der Waals surface area (Å²) in [6, 6.07) is 19.3. The molecule has 4 heterocycles. The molecule has 1 saturated carbocycles. The lowest BCUT2D eigenvalue weighted by Crippen LogP contribution is -2.74. The van der Waals surface area contributed by atoms with Crippen molar-refractivity contribution in [3.63, 3.8) is 0 Å². The Kier molecular flexibility index (Phi) is 11.1. The Hall–Kier alpha value is -5.45. The van der Waals surface area contributed by atoms with E-state index in [1.807, 2.05) is 18.2 Å². The number of hydrogen-bond acceptors (Lipinski definition) is 10. The van der Waals surface area contributed by atoms with Crippen molar-refractivity contribution in [1.82, 2.24) is 20.4 Å². The van der Waals surface area contributed by atoms with Crippen LogP contribution < -0.4 is 25.2 Å². The standard InChI is InChI=1S/C46H52ClN7O6/c1-45(2)43(46(3,4)44(45)60-33-11-7-30(27-48)36(47)26-33)50-39(56)29-5-8-31(9-6-29)52-19-16-28(17-20-52)15-18-51-21-23-53(24-22-51)32-10-12-34-35(25-32)42(59)54(41(34)58)37-13-14-38(55)49-40(37)57/h5-12,25-26,28,37,43-44H,13-24H2,1-4H3,(H,50,56)(H,49,55,57)/t37?,43-,44-. The lowest BCUT2D eigenvalue weighted by atomic mass is 9.49. The molecule has 14 heteroatoms. The molecule has 1 aliphatic carbocycles. The van der Waals surface area contributed by atoms with Crippen molar-refractivity contribution in [2.75, 3.05) is 55.6 Å². The molecule has 4 aliphatic heterocycles. The van der Waals surface area contributed by atoms with E-state index in [4.69, 9.17) is 16.3 Å². The molecular formula is C46H52ClN7O6. The lowest BCUT2D eigenvalue weighted by Gasteiger charge is -2.63. The molecular weight excluding hydrogens is 782 g/mol. The summed E-state index contributed by atoms with van der Waals surface area (Å²) >= 11 is 6.25. The molecule has 4 fully saturated rings. The summed E-state index contributed by atoms with van der Waals surface area (Å²) in [6.07, 6.45) is 3.42. The van der Waals surface area contributed by atoms with E-state index in [9.17, 15) is 29.2 Å². The normalized spacial score (nSPS) is 24.1. The van der Waals surface area contributed by atoms with Gasteiger partial charge in [-0.05, 0) is 92.7 Å². The molecule has 3 aromatic rings. The number of nitriles is 1. The van der Waals surface area contributed by atoms with Crippen LogP contribution in [0.3, 0.4) is 0 Å². The smallest absolute Gasteiger partial charge is 0.262 e. The van der Waals surface area contributed by atoms with Gasteiger partial charge in [0.05, 0.1) is 21.7 Å². The van der Waals surface area contributed by atoms with Crippen LogP contribution in [0.4, 0.5) is 11.4 Å². The van der Waals surface area contributed by atoms with E-state index in [1.54, 1.807) is 30.3 Å². The molecule has 3 saturated heterocycles. The van der Waals surface area contributed by atoms with Crippen LogP contribution >= 0.6 is 11.6 Å². The van der Waals surface area contributed by atoms with E-state index in [0.29, 0.717) is 38.9 Å². The zero-order valence-electron chi connectivity index (χ0n) is 34.6. The molecule has 5 aliphatic rings. The fraction of sp³-hybridized carbons (Fsp3) is 0.478. The minimum atomic E-state index is -0.971. The van der Waals surface area contributed by atoms with E-state index >= 15 is 0 Å². The molecule has 2 N–H and O–H groups in total. The Morgan fingerprint density at radius 2 is 1.48 bits per heavy atom. The Labute approximate surface area is 355 Å². The molecule has 314 valence electrons. The molecule has 1 unspecified atom stereocenters. The number of piperazine rings is 1. The topological polar surface area (TPSA) is 155 Å². The van der Waals surface area contributed by atoms with Gasteiger partial charge in [0.15, 0.2) is 0 Å². The van der Waals surface area contributed by atoms with Gasteiger partial charge in [0, 0.05) is 85.6 Å². The average Bonchev–Trinajstić information content (AvgIpc) is 3.49. The van der Waals surface area contributed by atoms with Crippen molar-refractivity contribution in [3.8, 4) is 11.8 Å². The number of halogens is 1. The second-order valence-electron chi connectivity index (χ2n) is 18.1. The summed E-state index contributed by atoms with van der Waals surface area (Å²) in [5, 5.41) is 15.1. The zero-order chi connectivity index (χ0) is 42.5. The summed E-state index contributed by atoms with van der Waals surface area (Å²) in [7, 11) is 0. The van der Waals surface area contributed by atoms with Gasteiger partial charge in [-0.1, -0.05) is 39.3 Å². The maximum atomic E-state index is 13.5. The number of amides is 5. The third-order valence-electron chi connectivity index (χ3n) is 13.6. The van der Waals surface area contributed by atoms with E-state index in [2.05, 4.69) is 71.2 Å². The largest absolute Gasteiger partial charge is 0.489 e. The second-order valence-corrected chi connectivity index (χ2v) is 18.5. The fourth-order valence-corrected chi connectivity index (χ4v) is 10.6. The van der Waals surface area contributed by atoms with Gasteiger partial charge < -0.3 is 19.9 Å². The van der Waals surface area contributed by atoms with Gasteiger partial charge in [0.1, 0.15) is 24.0 Å². The number of benzene rings is 3. The van der Waals surface area contributed by atoms with Gasteiger partial charge in [-0.2, -0.15) is 5.26 Å². The number of carbonyl (C=O) groups excluding carboxylic acids is 5. The van der Waals surface area contributed by atoms with Gasteiger partial charge in [-0.3, -0.25) is 39.1 Å². The van der Waals surface area contributed by atoms with Crippen LogP contribution in [-0.2, 0) is 9.59 Å². The van der Waals surface area contributed by atoms with Gasteiger partial charge in [0.25, 0.3) is 17.7 Å². The number of piperidine rings is 2. The molecule has 13 nitrogen and oxygen atoms in total. The van der Waals surface area contributed by atoms with Crippen LogP contribution in [0.15, 0.2) is 60.7 Å². The summed E-state index contributed by atoms with van der Waals surface area (Å²) in [5.41, 5.74) is 2.95. The lowest BCUT2D eigenvalue weighted by molar-refractivity contribution is -0.164. The first-order chi connectivity index (χ1) is 28.6. The van der Waals surface area contributed by atoms with Crippen LogP contribution in [0, 0.1) is 28.1 Å². The maximum Gasteiger partial charge on any atom is 0.262 e. The van der Waals surface area contributed by atoms with Crippen molar-refractivity contribution >= 4 is 52.5 Å². The van der Waals surface area contributed by atoms with Crippen molar-refractivity contribution < 1.29 is 28.7 Å². The SMILES string of the molecule is CC1(C)[C@H](NC(=O)c2ccc(N3CCC(CCN4CCN(c5ccc6c(c5)C(=O)N(C5CCC(=O)NC5=O)C6=O)CC4)CC3)cc2)C(C)(C)[C@H]1Oc1ccc(C#N)c(Cl)c1. The quantitative estimate of drug-likeness (QED) is 0.245. The first kappa shape index (κ1) is 41.3. The van der Waals surface area contributed by atoms with E-state index in [0.717, 1.165) is 81.4 Å². The average molecular weight is 834 g/mol. The number of fused-ring (bicyclic) bond motifs is 1. The van der Waals surface area contributed by atoms with Gasteiger partial charge in [0.2, 0.25) is 11.8 Å². The summed E-state index contributed by atoms with van der Waals surface area (Å²) in [5.74, 6) is -0.828. The zero-order valence-corrected chi connectivity index (χ0v) is 35.4. The number of hydrogen-bond donors (Lipinski definition) is 2. The molecule has 5 amide bonds. The molecule has 3 aromatic carbocycles. The predicted octanol–water partition coefficient (Wildman–Crippen LogP) is 5.65. The van der Waals surface area contributed by atoms with Crippen LogP contribution in [-0.4, -0.2) is 103 Å². The highest BCUT2D eigenvalue weighted by atomic mass is 35.5. The monoisotopic (exact) mass is 833 g/mol. The minimum absolute atomic E-state index is 0.0928. The highest BCUT2D eigenvalue weighted by Gasteiger charge is 2.64. The molecule has 0 radical (unpaired) electrons.